The van der Waals surface area contributed by atoms with Crippen molar-refractivity contribution in [3.8, 4) is 0 Å². The molecule has 94 valence electrons. The molecule has 0 saturated carbocycles. The molecule has 5 heteroatoms. The van der Waals surface area contributed by atoms with Crippen LogP contribution in [0.4, 0.5) is 5.69 Å². The van der Waals surface area contributed by atoms with Gasteiger partial charge in [0.1, 0.15) is 0 Å². The van der Waals surface area contributed by atoms with Crippen LogP contribution in [0.2, 0.25) is 0 Å². The van der Waals surface area contributed by atoms with E-state index in [4.69, 9.17) is 12.2 Å². The molecule has 0 aliphatic carbocycles. The molecule has 1 aromatic carbocycles. The second-order valence-electron chi connectivity index (χ2n) is 3.69. The van der Waals surface area contributed by atoms with Crippen LogP contribution in [0.5, 0.6) is 0 Å². The monoisotopic (exact) mass is 332 g/mol. The summed E-state index contributed by atoms with van der Waals surface area (Å²) in [6, 6.07) is 6.10. The molecule has 0 bridgehead atoms. The van der Waals surface area contributed by atoms with E-state index >= 15 is 0 Å². The zero-order valence-electron chi connectivity index (χ0n) is 10.0. The second kappa shape index (κ2) is 7.95. The number of hydrogen-bond donors (Lipinski definition) is 2. The third-order valence-electron chi connectivity index (χ3n) is 2.23. The molecule has 2 nitrogen and oxygen atoms in total. The molecule has 0 spiro atoms. The Balaban J connectivity index is 2.37. The van der Waals surface area contributed by atoms with E-state index in [0.717, 1.165) is 28.9 Å². The van der Waals surface area contributed by atoms with Crippen molar-refractivity contribution in [1.29, 1.82) is 0 Å². The van der Waals surface area contributed by atoms with Crippen LogP contribution in [0.25, 0.3) is 0 Å². The third-order valence-corrected chi connectivity index (χ3v) is 4.06. The summed E-state index contributed by atoms with van der Waals surface area (Å²) in [6.07, 6.45) is 3.24. The Labute approximate surface area is 121 Å². The fourth-order valence-corrected chi connectivity index (χ4v) is 2.22. The molecule has 0 fully saturated rings. The van der Waals surface area contributed by atoms with E-state index in [1.54, 1.807) is 0 Å². The van der Waals surface area contributed by atoms with Crippen molar-refractivity contribution in [3.63, 3.8) is 0 Å². The van der Waals surface area contributed by atoms with Crippen LogP contribution in [0.3, 0.4) is 0 Å². The SMILES string of the molecule is CSCCCNC(=S)Nc1ccc(Br)c(C)c1. The zero-order valence-corrected chi connectivity index (χ0v) is 13.3. The summed E-state index contributed by atoms with van der Waals surface area (Å²) in [6.45, 7) is 2.98. The average molecular weight is 333 g/mol. The predicted molar refractivity (Wildman–Crippen MR) is 86.1 cm³/mol. The van der Waals surface area contributed by atoms with E-state index in [1.807, 2.05) is 23.9 Å². The summed E-state index contributed by atoms with van der Waals surface area (Å²) in [5.41, 5.74) is 2.22. The van der Waals surface area contributed by atoms with E-state index in [0.29, 0.717) is 5.11 Å². The van der Waals surface area contributed by atoms with Crippen molar-refractivity contribution in [1.82, 2.24) is 5.32 Å². The van der Waals surface area contributed by atoms with Crippen LogP contribution < -0.4 is 10.6 Å². The Hall–Kier alpha value is -0.260. The molecule has 0 radical (unpaired) electrons. The number of hydrogen-bond acceptors (Lipinski definition) is 2. The summed E-state index contributed by atoms with van der Waals surface area (Å²) < 4.78 is 1.11. The van der Waals surface area contributed by atoms with Crippen LogP contribution in [-0.2, 0) is 0 Å². The molecule has 0 saturated heterocycles. The molecule has 0 aliphatic heterocycles. The summed E-state index contributed by atoms with van der Waals surface area (Å²) in [5, 5.41) is 7.06. The van der Waals surface area contributed by atoms with Gasteiger partial charge in [-0.05, 0) is 61.3 Å². The smallest absolute Gasteiger partial charge is 0.170 e. The highest BCUT2D eigenvalue weighted by Crippen LogP contribution is 2.19. The normalized spacial score (nSPS) is 10.1. The van der Waals surface area contributed by atoms with Crippen molar-refractivity contribution >= 4 is 50.7 Å². The van der Waals surface area contributed by atoms with Crippen LogP contribution in [0, 0.1) is 6.92 Å². The summed E-state index contributed by atoms with van der Waals surface area (Å²) >= 11 is 10.5. The number of nitrogens with one attached hydrogen (secondary N) is 2. The first kappa shape index (κ1) is 14.8. The van der Waals surface area contributed by atoms with Crippen molar-refractivity contribution in [2.45, 2.75) is 13.3 Å². The van der Waals surface area contributed by atoms with Gasteiger partial charge in [-0.2, -0.15) is 11.8 Å². The average Bonchev–Trinajstić information content (AvgIpc) is 2.30. The lowest BCUT2D eigenvalue weighted by Crippen LogP contribution is -2.29. The molecular formula is C12H17BrN2S2. The molecule has 17 heavy (non-hydrogen) atoms. The number of thiocarbonyl (C=S) groups is 1. The minimum atomic E-state index is 0.688. The van der Waals surface area contributed by atoms with Crippen molar-refractivity contribution in [3.05, 3.63) is 28.2 Å². The molecule has 1 aromatic rings. The first-order valence-electron chi connectivity index (χ1n) is 5.43. The van der Waals surface area contributed by atoms with Crippen LogP contribution in [0.1, 0.15) is 12.0 Å². The van der Waals surface area contributed by atoms with Crippen LogP contribution >= 0.6 is 39.9 Å². The summed E-state index contributed by atoms with van der Waals surface area (Å²) in [5.74, 6) is 1.16. The molecule has 0 amide bonds. The molecule has 0 atom stereocenters. The number of rotatable bonds is 5. The van der Waals surface area contributed by atoms with E-state index in [-0.39, 0.29) is 0 Å². The van der Waals surface area contributed by atoms with Gasteiger partial charge in [0.15, 0.2) is 5.11 Å². The standard InChI is InChI=1S/C12H17BrN2S2/c1-9-8-10(4-5-11(9)13)15-12(16)14-6-3-7-17-2/h4-5,8H,3,6-7H2,1-2H3,(H2,14,15,16). The van der Waals surface area contributed by atoms with E-state index < -0.39 is 0 Å². The Morgan fingerprint density at radius 1 is 1.47 bits per heavy atom. The maximum atomic E-state index is 5.22. The molecule has 0 aliphatic rings. The maximum absolute atomic E-state index is 5.22. The fourth-order valence-electron chi connectivity index (χ4n) is 1.32. The van der Waals surface area contributed by atoms with Crippen molar-refractivity contribution in [2.75, 3.05) is 23.9 Å². The summed E-state index contributed by atoms with van der Waals surface area (Å²) in [7, 11) is 0. The van der Waals surface area contributed by atoms with Gasteiger partial charge in [0.05, 0.1) is 0 Å². The highest BCUT2D eigenvalue weighted by Gasteiger charge is 1.99. The van der Waals surface area contributed by atoms with Gasteiger partial charge in [-0.15, -0.1) is 0 Å². The largest absolute Gasteiger partial charge is 0.362 e. The van der Waals surface area contributed by atoms with Gasteiger partial charge in [0.2, 0.25) is 0 Å². The second-order valence-corrected chi connectivity index (χ2v) is 5.94. The van der Waals surface area contributed by atoms with Gasteiger partial charge in [0, 0.05) is 16.7 Å². The molecular weight excluding hydrogens is 316 g/mol. The topological polar surface area (TPSA) is 24.1 Å². The minimum absolute atomic E-state index is 0.688. The molecule has 2 N–H and O–H groups in total. The Morgan fingerprint density at radius 3 is 2.88 bits per heavy atom. The highest BCUT2D eigenvalue weighted by molar-refractivity contribution is 9.10. The fraction of sp³-hybridized carbons (Fsp3) is 0.417. The lowest BCUT2D eigenvalue weighted by Gasteiger charge is -2.11. The summed E-state index contributed by atoms with van der Waals surface area (Å²) in [4.78, 5) is 0. The first-order chi connectivity index (χ1) is 8.13. The van der Waals surface area contributed by atoms with E-state index in [9.17, 15) is 0 Å². The first-order valence-corrected chi connectivity index (χ1v) is 8.03. The highest BCUT2D eigenvalue weighted by atomic mass is 79.9. The van der Waals surface area contributed by atoms with Crippen molar-refractivity contribution in [2.24, 2.45) is 0 Å². The third kappa shape index (κ3) is 5.75. The lowest BCUT2D eigenvalue weighted by atomic mass is 10.2. The maximum Gasteiger partial charge on any atom is 0.170 e. The molecule has 1 rings (SSSR count). The Kier molecular flexibility index (Phi) is 6.92. The van der Waals surface area contributed by atoms with Crippen molar-refractivity contribution < 1.29 is 0 Å². The van der Waals surface area contributed by atoms with Gasteiger partial charge in [-0.1, -0.05) is 15.9 Å². The van der Waals surface area contributed by atoms with Gasteiger partial charge in [-0.3, -0.25) is 0 Å². The van der Waals surface area contributed by atoms with Gasteiger partial charge >= 0.3 is 0 Å². The predicted octanol–water partition coefficient (Wildman–Crippen LogP) is 3.80. The number of benzene rings is 1. The zero-order chi connectivity index (χ0) is 12.7. The lowest BCUT2D eigenvalue weighted by molar-refractivity contribution is 0.855. The number of anilines is 1. The molecule has 0 heterocycles. The minimum Gasteiger partial charge on any atom is -0.362 e. The number of halogens is 1. The van der Waals surface area contributed by atoms with Gasteiger partial charge in [0.25, 0.3) is 0 Å². The number of thioether (sulfide) groups is 1. The van der Waals surface area contributed by atoms with Crippen LogP contribution in [-0.4, -0.2) is 23.7 Å². The van der Waals surface area contributed by atoms with E-state index in [2.05, 4.69) is 45.8 Å². The quantitative estimate of drug-likeness (QED) is 0.632. The Morgan fingerprint density at radius 2 is 2.24 bits per heavy atom. The van der Waals surface area contributed by atoms with Crippen LogP contribution in [0.15, 0.2) is 22.7 Å². The van der Waals surface area contributed by atoms with Gasteiger partial charge < -0.3 is 10.6 Å². The Bertz CT molecular complexity index is 383. The molecule has 0 unspecified atom stereocenters. The van der Waals surface area contributed by atoms with E-state index in [1.165, 1.54) is 5.56 Å². The van der Waals surface area contributed by atoms with Gasteiger partial charge in [-0.25, -0.2) is 0 Å². The number of aryl methyl sites for hydroxylation is 1. The molecule has 0 aromatic heterocycles.